The first-order valence-electron chi connectivity index (χ1n) is 8.76. The standard InChI is InChI=1S/C19H27NO7/c1-6-25-16(21)15(20-13-9-11-14(24-5)12-10-13)19(4,17(22)26-7-2)18(23)27-8-3/h9-12,15,20H,6-8H2,1-5H3/t15-/m1/s1. The van der Waals surface area contributed by atoms with Gasteiger partial charge in [0.2, 0.25) is 0 Å². The van der Waals surface area contributed by atoms with E-state index in [4.69, 9.17) is 18.9 Å². The maximum absolute atomic E-state index is 12.6. The summed E-state index contributed by atoms with van der Waals surface area (Å²) in [5, 5.41) is 2.90. The molecule has 0 bridgehead atoms. The molecule has 0 amide bonds. The van der Waals surface area contributed by atoms with E-state index < -0.39 is 29.4 Å². The lowest BCUT2D eigenvalue weighted by Gasteiger charge is -2.32. The van der Waals surface area contributed by atoms with Crippen LogP contribution in [-0.2, 0) is 28.6 Å². The fourth-order valence-corrected chi connectivity index (χ4v) is 2.40. The molecule has 0 unspecified atom stereocenters. The molecule has 8 heteroatoms. The molecule has 0 saturated heterocycles. The van der Waals surface area contributed by atoms with Crippen molar-refractivity contribution in [2.75, 3.05) is 32.2 Å². The minimum absolute atomic E-state index is 0.0475. The number of methoxy groups -OCH3 is 1. The molecule has 0 radical (unpaired) electrons. The van der Waals surface area contributed by atoms with Crippen LogP contribution < -0.4 is 10.1 Å². The zero-order chi connectivity index (χ0) is 20.4. The molecule has 0 fully saturated rings. The first-order chi connectivity index (χ1) is 12.8. The van der Waals surface area contributed by atoms with Crippen LogP contribution in [0.4, 0.5) is 5.69 Å². The number of anilines is 1. The highest BCUT2D eigenvalue weighted by Gasteiger charge is 2.55. The van der Waals surface area contributed by atoms with Gasteiger partial charge in [0, 0.05) is 5.69 Å². The molecule has 0 spiro atoms. The van der Waals surface area contributed by atoms with Gasteiger partial charge in [0.1, 0.15) is 5.75 Å². The van der Waals surface area contributed by atoms with Gasteiger partial charge in [-0.25, -0.2) is 4.79 Å². The third-order valence-corrected chi connectivity index (χ3v) is 3.90. The van der Waals surface area contributed by atoms with Gasteiger partial charge in [0.25, 0.3) is 0 Å². The predicted molar refractivity (Wildman–Crippen MR) is 98.4 cm³/mol. The van der Waals surface area contributed by atoms with Gasteiger partial charge in [0.05, 0.1) is 26.9 Å². The average molecular weight is 381 g/mol. The summed E-state index contributed by atoms with van der Waals surface area (Å²) in [4.78, 5) is 37.9. The van der Waals surface area contributed by atoms with Crippen LogP contribution in [0.5, 0.6) is 5.75 Å². The van der Waals surface area contributed by atoms with Crippen molar-refractivity contribution in [1.29, 1.82) is 0 Å². The van der Waals surface area contributed by atoms with Crippen molar-refractivity contribution in [2.24, 2.45) is 5.41 Å². The van der Waals surface area contributed by atoms with Gasteiger partial charge < -0.3 is 24.3 Å². The van der Waals surface area contributed by atoms with Crippen molar-refractivity contribution in [1.82, 2.24) is 0 Å². The number of benzene rings is 1. The summed E-state index contributed by atoms with van der Waals surface area (Å²) in [6, 6.07) is 5.32. The van der Waals surface area contributed by atoms with E-state index in [-0.39, 0.29) is 19.8 Å². The zero-order valence-corrected chi connectivity index (χ0v) is 16.4. The van der Waals surface area contributed by atoms with Crippen molar-refractivity contribution in [3.63, 3.8) is 0 Å². The largest absolute Gasteiger partial charge is 0.497 e. The highest BCUT2D eigenvalue weighted by molar-refractivity contribution is 6.06. The fraction of sp³-hybridized carbons (Fsp3) is 0.526. The van der Waals surface area contributed by atoms with Crippen molar-refractivity contribution in [3.8, 4) is 5.75 Å². The first-order valence-corrected chi connectivity index (χ1v) is 8.76. The number of hydrogen-bond acceptors (Lipinski definition) is 8. The molecule has 27 heavy (non-hydrogen) atoms. The van der Waals surface area contributed by atoms with E-state index in [0.717, 1.165) is 0 Å². The Kier molecular flexibility index (Phi) is 8.58. The lowest BCUT2D eigenvalue weighted by molar-refractivity contribution is -0.176. The second kappa shape index (κ2) is 10.4. The number of ether oxygens (including phenoxy) is 4. The topological polar surface area (TPSA) is 100 Å². The summed E-state index contributed by atoms with van der Waals surface area (Å²) in [5.41, 5.74) is -1.44. The average Bonchev–Trinajstić information content (AvgIpc) is 2.66. The fourth-order valence-electron chi connectivity index (χ4n) is 2.40. The van der Waals surface area contributed by atoms with E-state index in [9.17, 15) is 14.4 Å². The number of rotatable bonds is 10. The Morgan fingerprint density at radius 1 is 0.926 bits per heavy atom. The Labute approximate surface area is 159 Å². The van der Waals surface area contributed by atoms with Crippen LogP contribution in [0.3, 0.4) is 0 Å². The molecule has 1 aromatic rings. The Hall–Kier alpha value is -2.77. The van der Waals surface area contributed by atoms with Gasteiger partial charge in [-0.05, 0) is 52.0 Å². The Balaban J connectivity index is 3.34. The summed E-state index contributed by atoms with van der Waals surface area (Å²) < 4.78 is 20.3. The number of nitrogens with one attached hydrogen (secondary N) is 1. The highest BCUT2D eigenvalue weighted by atomic mass is 16.6. The van der Waals surface area contributed by atoms with E-state index in [1.165, 1.54) is 14.0 Å². The predicted octanol–water partition coefficient (Wildman–Crippen LogP) is 2.17. The van der Waals surface area contributed by atoms with Gasteiger partial charge >= 0.3 is 17.9 Å². The molecule has 1 rings (SSSR count). The second-order valence-electron chi connectivity index (χ2n) is 5.70. The maximum Gasteiger partial charge on any atom is 0.330 e. The van der Waals surface area contributed by atoms with Crippen LogP contribution in [0.25, 0.3) is 0 Å². The van der Waals surface area contributed by atoms with Crippen LogP contribution in [0.2, 0.25) is 0 Å². The molecule has 0 heterocycles. The van der Waals surface area contributed by atoms with Gasteiger partial charge in [0.15, 0.2) is 11.5 Å². The van der Waals surface area contributed by atoms with Gasteiger partial charge in [-0.2, -0.15) is 0 Å². The van der Waals surface area contributed by atoms with Crippen LogP contribution in [-0.4, -0.2) is 50.9 Å². The van der Waals surface area contributed by atoms with Crippen LogP contribution in [0, 0.1) is 5.41 Å². The van der Waals surface area contributed by atoms with E-state index in [0.29, 0.717) is 11.4 Å². The number of esters is 3. The van der Waals surface area contributed by atoms with Crippen LogP contribution in [0.15, 0.2) is 24.3 Å². The monoisotopic (exact) mass is 381 g/mol. The molecule has 0 aromatic heterocycles. The van der Waals surface area contributed by atoms with E-state index >= 15 is 0 Å². The smallest absolute Gasteiger partial charge is 0.330 e. The van der Waals surface area contributed by atoms with E-state index in [2.05, 4.69) is 5.32 Å². The number of carbonyl (C=O) groups excluding carboxylic acids is 3. The first kappa shape index (κ1) is 22.3. The molecule has 8 nitrogen and oxygen atoms in total. The van der Waals surface area contributed by atoms with Crippen molar-refractivity contribution >= 4 is 23.6 Å². The van der Waals surface area contributed by atoms with E-state index in [1.807, 2.05) is 0 Å². The summed E-state index contributed by atoms with van der Waals surface area (Å²) in [6.45, 7) is 6.34. The summed E-state index contributed by atoms with van der Waals surface area (Å²) in [7, 11) is 1.53. The Morgan fingerprint density at radius 3 is 1.81 bits per heavy atom. The Bertz CT molecular complexity index is 624. The molecule has 150 valence electrons. The Morgan fingerprint density at radius 2 is 1.41 bits per heavy atom. The molecule has 0 aliphatic rings. The SMILES string of the molecule is CCOC(=O)[C@@H](Nc1ccc(OC)cc1)C(C)(C(=O)OCC)C(=O)OCC. The van der Waals surface area contributed by atoms with Crippen LogP contribution >= 0.6 is 0 Å². The molecule has 0 saturated carbocycles. The lowest BCUT2D eigenvalue weighted by atomic mass is 9.81. The molecule has 1 N–H and O–H groups in total. The summed E-state index contributed by atoms with van der Waals surface area (Å²) in [5.74, 6) is -1.89. The van der Waals surface area contributed by atoms with E-state index in [1.54, 1.807) is 45.0 Å². The highest BCUT2D eigenvalue weighted by Crippen LogP contribution is 2.30. The van der Waals surface area contributed by atoms with Crippen molar-refractivity contribution in [3.05, 3.63) is 24.3 Å². The van der Waals surface area contributed by atoms with Gasteiger partial charge in [-0.3, -0.25) is 9.59 Å². The number of carbonyl (C=O) groups is 3. The quantitative estimate of drug-likeness (QED) is 0.374. The van der Waals surface area contributed by atoms with Crippen molar-refractivity contribution < 1.29 is 33.3 Å². The lowest BCUT2D eigenvalue weighted by Crippen LogP contribution is -2.56. The third-order valence-electron chi connectivity index (χ3n) is 3.90. The molecule has 1 atom stereocenters. The number of hydrogen-bond donors (Lipinski definition) is 1. The molecular weight excluding hydrogens is 354 g/mol. The molecule has 0 aliphatic carbocycles. The summed E-state index contributed by atoms with van der Waals surface area (Å²) in [6.07, 6.45) is 0. The minimum atomic E-state index is -1.93. The summed E-state index contributed by atoms with van der Waals surface area (Å²) >= 11 is 0. The van der Waals surface area contributed by atoms with Crippen molar-refractivity contribution in [2.45, 2.75) is 33.7 Å². The maximum atomic E-state index is 12.6. The normalized spacial score (nSPS) is 11.9. The molecular formula is C19H27NO7. The van der Waals surface area contributed by atoms with Gasteiger partial charge in [-0.15, -0.1) is 0 Å². The third kappa shape index (κ3) is 5.35. The molecule has 0 aliphatic heterocycles. The van der Waals surface area contributed by atoms with Crippen LogP contribution in [0.1, 0.15) is 27.7 Å². The zero-order valence-electron chi connectivity index (χ0n) is 16.4. The van der Waals surface area contributed by atoms with Gasteiger partial charge in [-0.1, -0.05) is 0 Å². The second-order valence-corrected chi connectivity index (χ2v) is 5.70. The molecule has 1 aromatic carbocycles. The minimum Gasteiger partial charge on any atom is -0.497 e.